The summed E-state index contributed by atoms with van der Waals surface area (Å²) in [6.45, 7) is 5.55. The van der Waals surface area contributed by atoms with Gasteiger partial charge in [0.25, 0.3) is 5.89 Å². The van der Waals surface area contributed by atoms with Crippen LogP contribution in [0.1, 0.15) is 27.8 Å². The van der Waals surface area contributed by atoms with E-state index in [0.29, 0.717) is 5.76 Å². The van der Waals surface area contributed by atoms with E-state index in [1.165, 1.54) is 7.11 Å². The molecule has 0 aromatic carbocycles. The molecule has 0 unspecified atom stereocenters. The number of aryl methyl sites for hydroxylation is 2. The summed E-state index contributed by atoms with van der Waals surface area (Å²) in [5, 5.41) is 7.43. The highest BCUT2D eigenvalue weighted by atomic mass is 16.5. The topological polar surface area (TPSA) is 78.4 Å². The number of methoxy groups -OCH3 is 1. The standard InChI is InChI=1S/C11H12N2O4/c1-5-6(2)16-7(3)8(5)9-12-13-10(17-9)11(14)15-4/h1-4H3. The maximum atomic E-state index is 11.2. The molecular weight excluding hydrogens is 224 g/mol. The van der Waals surface area contributed by atoms with Crippen molar-refractivity contribution in [3.05, 3.63) is 23.0 Å². The summed E-state index contributed by atoms with van der Waals surface area (Å²) >= 11 is 0. The highest BCUT2D eigenvalue weighted by Gasteiger charge is 2.21. The van der Waals surface area contributed by atoms with Crippen LogP contribution < -0.4 is 0 Å². The van der Waals surface area contributed by atoms with Crippen LogP contribution in [0.3, 0.4) is 0 Å². The second-order valence-electron chi connectivity index (χ2n) is 3.62. The van der Waals surface area contributed by atoms with Crippen molar-refractivity contribution in [1.82, 2.24) is 10.2 Å². The van der Waals surface area contributed by atoms with Gasteiger partial charge >= 0.3 is 11.9 Å². The van der Waals surface area contributed by atoms with Crippen molar-refractivity contribution >= 4 is 5.97 Å². The van der Waals surface area contributed by atoms with Crippen molar-refractivity contribution in [2.75, 3.05) is 7.11 Å². The number of carbonyl (C=O) groups is 1. The average molecular weight is 236 g/mol. The minimum Gasteiger partial charge on any atom is -0.466 e. The summed E-state index contributed by atoms with van der Waals surface area (Å²) in [6, 6.07) is 0. The van der Waals surface area contributed by atoms with Crippen LogP contribution in [0.2, 0.25) is 0 Å². The van der Waals surface area contributed by atoms with Gasteiger partial charge in [-0.1, -0.05) is 0 Å². The van der Waals surface area contributed by atoms with Gasteiger partial charge in [-0.25, -0.2) is 4.79 Å². The second kappa shape index (κ2) is 4.04. The zero-order chi connectivity index (χ0) is 12.6. The molecule has 0 bridgehead atoms. The lowest BCUT2D eigenvalue weighted by Gasteiger charge is -1.93. The van der Waals surface area contributed by atoms with E-state index in [0.717, 1.165) is 16.9 Å². The van der Waals surface area contributed by atoms with Gasteiger partial charge in [0.05, 0.1) is 12.7 Å². The molecule has 2 heterocycles. The Labute approximate surface area is 97.6 Å². The van der Waals surface area contributed by atoms with Gasteiger partial charge in [-0.05, 0) is 20.8 Å². The molecule has 0 atom stereocenters. The Balaban J connectivity index is 2.47. The minimum atomic E-state index is -0.653. The molecule has 0 aliphatic carbocycles. The molecule has 90 valence electrons. The molecule has 2 rings (SSSR count). The molecule has 0 saturated carbocycles. The lowest BCUT2D eigenvalue weighted by atomic mass is 10.1. The molecule has 6 heteroatoms. The van der Waals surface area contributed by atoms with Gasteiger partial charge < -0.3 is 13.6 Å². The number of furan rings is 1. The first-order valence-electron chi connectivity index (χ1n) is 5.03. The van der Waals surface area contributed by atoms with E-state index in [2.05, 4.69) is 14.9 Å². The molecule has 0 N–H and O–H groups in total. The van der Waals surface area contributed by atoms with Gasteiger partial charge in [0.2, 0.25) is 0 Å². The molecule has 17 heavy (non-hydrogen) atoms. The molecule has 0 saturated heterocycles. The van der Waals surface area contributed by atoms with Crippen molar-refractivity contribution in [1.29, 1.82) is 0 Å². The number of rotatable bonds is 2. The first-order chi connectivity index (χ1) is 8.04. The molecule has 6 nitrogen and oxygen atoms in total. The monoisotopic (exact) mass is 236 g/mol. The molecule has 0 fully saturated rings. The largest absolute Gasteiger partial charge is 0.466 e. The molecular formula is C11H12N2O4. The first-order valence-corrected chi connectivity index (χ1v) is 5.03. The number of esters is 1. The number of nitrogens with zero attached hydrogens (tertiary/aromatic N) is 2. The van der Waals surface area contributed by atoms with Gasteiger partial charge in [-0.3, -0.25) is 0 Å². The van der Waals surface area contributed by atoms with Crippen molar-refractivity contribution in [3.8, 4) is 11.5 Å². The molecule has 0 spiro atoms. The normalized spacial score (nSPS) is 10.6. The Morgan fingerprint density at radius 1 is 1.12 bits per heavy atom. The van der Waals surface area contributed by atoms with Gasteiger partial charge in [0.1, 0.15) is 11.5 Å². The van der Waals surface area contributed by atoms with Crippen LogP contribution in [0, 0.1) is 20.8 Å². The zero-order valence-corrected chi connectivity index (χ0v) is 10.0. The summed E-state index contributed by atoms with van der Waals surface area (Å²) in [4.78, 5) is 11.2. The van der Waals surface area contributed by atoms with Crippen molar-refractivity contribution in [2.45, 2.75) is 20.8 Å². The first kappa shape index (κ1) is 11.4. The van der Waals surface area contributed by atoms with Gasteiger partial charge in [0.15, 0.2) is 0 Å². The predicted octanol–water partition coefficient (Wildman–Crippen LogP) is 2.04. The zero-order valence-electron chi connectivity index (χ0n) is 10.0. The van der Waals surface area contributed by atoms with E-state index in [4.69, 9.17) is 8.83 Å². The Hall–Kier alpha value is -2.11. The van der Waals surface area contributed by atoms with E-state index >= 15 is 0 Å². The second-order valence-corrected chi connectivity index (χ2v) is 3.62. The summed E-state index contributed by atoms with van der Waals surface area (Å²) in [7, 11) is 1.25. The SMILES string of the molecule is COC(=O)c1nnc(-c2c(C)oc(C)c2C)o1. The van der Waals surface area contributed by atoms with Gasteiger partial charge in [-0.2, -0.15) is 0 Å². The fraction of sp³-hybridized carbons (Fsp3) is 0.364. The number of hydrogen-bond donors (Lipinski definition) is 0. The van der Waals surface area contributed by atoms with Crippen LogP contribution in [-0.4, -0.2) is 23.3 Å². The quantitative estimate of drug-likeness (QED) is 0.742. The van der Waals surface area contributed by atoms with Gasteiger partial charge in [0, 0.05) is 5.56 Å². The smallest absolute Gasteiger partial charge is 0.396 e. The highest BCUT2D eigenvalue weighted by molar-refractivity contribution is 5.84. The van der Waals surface area contributed by atoms with E-state index in [9.17, 15) is 4.79 Å². The molecule has 0 aliphatic heterocycles. The number of carbonyl (C=O) groups excluding carboxylic acids is 1. The summed E-state index contributed by atoms with van der Waals surface area (Å²) in [6.07, 6.45) is 0. The fourth-order valence-electron chi connectivity index (χ4n) is 1.60. The van der Waals surface area contributed by atoms with Crippen LogP contribution in [-0.2, 0) is 4.74 Å². The lowest BCUT2D eigenvalue weighted by Crippen LogP contribution is -2.00. The van der Waals surface area contributed by atoms with Crippen molar-refractivity contribution < 1.29 is 18.4 Å². The third-order valence-electron chi connectivity index (χ3n) is 2.56. The molecule has 0 radical (unpaired) electrons. The van der Waals surface area contributed by atoms with Gasteiger partial charge in [-0.15, -0.1) is 10.2 Å². The third-order valence-corrected chi connectivity index (χ3v) is 2.56. The minimum absolute atomic E-state index is 0.167. The maximum absolute atomic E-state index is 11.2. The average Bonchev–Trinajstić information content (AvgIpc) is 2.85. The third kappa shape index (κ3) is 1.82. The van der Waals surface area contributed by atoms with Crippen LogP contribution in [0.5, 0.6) is 0 Å². The number of hydrogen-bond acceptors (Lipinski definition) is 6. The summed E-state index contributed by atoms with van der Waals surface area (Å²) in [5.74, 6) is 0.909. The van der Waals surface area contributed by atoms with Crippen LogP contribution in [0.25, 0.3) is 11.5 Å². The molecule has 2 aromatic rings. The molecule has 2 aromatic heterocycles. The number of ether oxygens (including phenoxy) is 1. The summed E-state index contributed by atoms with van der Waals surface area (Å²) < 4.78 is 15.2. The van der Waals surface area contributed by atoms with Crippen LogP contribution >= 0.6 is 0 Å². The van der Waals surface area contributed by atoms with E-state index in [-0.39, 0.29) is 11.8 Å². The Kier molecular flexibility index (Phi) is 2.71. The van der Waals surface area contributed by atoms with Crippen LogP contribution in [0.15, 0.2) is 8.83 Å². The highest BCUT2D eigenvalue weighted by Crippen LogP contribution is 2.30. The Morgan fingerprint density at radius 2 is 1.82 bits per heavy atom. The van der Waals surface area contributed by atoms with E-state index in [1.54, 1.807) is 6.92 Å². The lowest BCUT2D eigenvalue weighted by molar-refractivity contribution is 0.0556. The van der Waals surface area contributed by atoms with E-state index in [1.807, 2.05) is 13.8 Å². The molecule has 0 aliphatic rings. The number of aromatic nitrogens is 2. The summed E-state index contributed by atoms with van der Waals surface area (Å²) in [5.41, 5.74) is 1.65. The van der Waals surface area contributed by atoms with Crippen molar-refractivity contribution in [3.63, 3.8) is 0 Å². The Bertz CT molecular complexity index is 568. The van der Waals surface area contributed by atoms with Crippen LogP contribution in [0.4, 0.5) is 0 Å². The molecule has 0 amide bonds. The van der Waals surface area contributed by atoms with Crippen molar-refractivity contribution in [2.24, 2.45) is 0 Å². The predicted molar refractivity (Wildman–Crippen MR) is 57.6 cm³/mol. The Morgan fingerprint density at radius 3 is 2.35 bits per heavy atom. The fourth-order valence-corrected chi connectivity index (χ4v) is 1.60. The van der Waals surface area contributed by atoms with E-state index < -0.39 is 5.97 Å². The maximum Gasteiger partial charge on any atom is 0.396 e.